The van der Waals surface area contributed by atoms with E-state index < -0.39 is 17.4 Å². The maximum Gasteiger partial charge on any atom is 0.329 e. The normalized spacial score (nSPS) is 11.0. The first-order valence-electron chi connectivity index (χ1n) is 5.57. The van der Waals surface area contributed by atoms with E-state index in [2.05, 4.69) is 15.9 Å². The van der Waals surface area contributed by atoms with E-state index in [0.717, 1.165) is 0 Å². The van der Waals surface area contributed by atoms with Gasteiger partial charge < -0.3 is 14.7 Å². The van der Waals surface area contributed by atoms with Gasteiger partial charge in [0.2, 0.25) is 0 Å². The van der Waals surface area contributed by atoms with Crippen LogP contribution in [0.3, 0.4) is 0 Å². The number of hydrogen-bond donors (Lipinski definition) is 1. The van der Waals surface area contributed by atoms with E-state index in [1.54, 1.807) is 18.2 Å². The summed E-state index contributed by atoms with van der Waals surface area (Å²) in [5, 5.41) is 9.15. The number of aliphatic carboxylic acids is 1. The number of nitrogens with zero attached hydrogens (tertiary/aromatic N) is 1. The van der Waals surface area contributed by atoms with Crippen LogP contribution in [-0.2, 0) is 4.79 Å². The molecule has 0 unspecified atom stereocenters. The van der Waals surface area contributed by atoms with Crippen LogP contribution < -0.4 is 4.74 Å². The number of carboxylic acid groups (broad SMARTS) is 1. The van der Waals surface area contributed by atoms with Gasteiger partial charge in [-0.2, -0.15) is 0 Å². The Morgan fingerprint density at radius 2 is 1.95 bits per heavy atom. The van der Waals surface area contributed by atoms with Crippen molar-refractivity contribution in [2.24, 2.45) is 0 Å². The van der Waals surface area contributed by atoms with Crippen molar-refractivity contribution >= 4 is 27.8 Å². The van der Waals surface area contributed by atoms with E-state index in [9.17, 15) is 9.59 Å². The number of halogens is 1. The lowest BCUT2D eigenvalue weighted by molar-refractivity contribution is -0.147. The van der Waals surface area contributed by atoms with Crippen LogP contribution in [0.1, 0.15) is 24.2 Å². The van der Waals surface area contributed by atoms with Gasteiger partial charge in [0, 0.05) is 11.5 Å². The molecule has 0 aliphatic heterocycles. The Labute approximate surface area is 120 Å². The highest BCUT2D eigenvalue weighted by atomic mass is 79.9. The summed E-state index contributed by atoms with van der Waals surface area (Å²) in [5.41, 5.74) is -0.934. The third-order valence-electron chi connectivity index (χ3n) is 3.07. The summed E-state index contributed by atoms with van der Waals surface area (Å²) < 4.78 is 5.65. The van der Waals surface area contributed by atoms with E-state index in [4.69, 9.17) is 9.84 Å². The minimum atomic E-state index is -1.29. The van der Waals surface area contributed by atoms with Crippen molar-refractivity contribution in [3.63, 3.8) is 0 Å². The molecule has 1 aromatic rings. The first-order valence-corrected chi connectivity index (χ1v) is 6.36. The van der Waals surface area contributed by atoms with Crippen molar-refractivity contribution in [1.82, 2.24) is 4.90 Å². The van der Waals surface area contributed by atoms with Crippen LogP contribution in [0.4, 0.5) is 0 Å². The largest absolute Gasteiger partial charge is 0.497 e. The van der Waals surface area contributed by atoms with E-state index in [-0.39, 0.29) is 0 Å². The summed E-state index contributed by atoms with van der Waals surface area (Å²) in [6, 6.07) is 4.97. The average Bonchev–Trinajstić information content (AvgIpc) is 2.37. The molecule has 0 aliphatic rings. The van der Waals surface area contributed by atoms with Crippen LogP contribution in [0.25, 0.3) is 0 Å². The van der Waals surface area contributed by atoms with Gasteiger partial charge in [-0.25, -0.2) is 4.79 Å². The van der Waals surface area contributed by atoms with Gasteiger partial charge in [-0.05, 0) is 48.0 Å². The second-order valence-electron chi connectivity index (χ2n) is 4.57. The fraction of sp³-hybridized carbons (Fsp3) is 0.385. The Morgan fingerprint density at radius 1 is 1.37 bits per heavy atom. The Hall–Kier alpha value is -1.56. The van der Waals surface area contributed by atoms with Crippen molar-refractivity contribution in [2.45, 2.75) is 19.4 Å². The summed E-state index contributed by atoms with van der Waals surface area (Å²) in [4.78, 5) is 24.7. The van der Waals surface area contributed by atoms with E-state index >= 15 is 0 Å². The minimum absolute atomic E-state index is 0.358. The maximum absolute atomic E-state index is 12.4. The van der Waals surface area contributed by atoms with Crippen LogP contribution in [0.15, 0.2) is 22.7 Å². The lowest BCUT2D eigenvalue weighted by Crippen LogP contribution is -2.50. The Morgan fingerprint density at radius 3 is 2.42 bits per heavy atom. The third kappa shape index (κ3) is 3.07. The zero-order valence-corrected chi connectivity index (χ0v) is 12.8. The van der Waals surface area contributed by atoms with Gasteiger partial charge in [0.15, 0.2) is 0 Å². The number of hydrogen-bond acceptors (Lipinski definition) is 3. The highest BCUT2D eigenvalue weighted by Gasteiger charge is 2.36. The molecule has 104 valence electrons. The predicted octanol–water partition coefficient (Wildman–Crippen LogP) is 2.39. The van der Waals surface area contributed by atoms with Crippen LogP contribution in [0.5, 0.6) is 5.75 Å². The molecule has 0 aliphatic carbocycles. The molecule has 5 nitrogen and oxygen atoms in total. The molecule has 0 saturated heterocycles. The summed E-state index contributed by atoms with van der Waals surface area (Å²) in [6.07, 6.45) is 0. The van der Waals surface area contributed by atoms with Crippen LogP contribution in [-0.4, -0.2) is 41.6 Å². The molecule has 0 heterocycles. The molecule has 6 heteroatoms. The van der Waals surface area contributed by atoms with Crippen molar-refractivity contribution in [3.8, 4) is 5.75 Å². The minimum Gasteiger partial charge on any atom is -0.497 e. The number of rotatable bonds is 4. The number of carbonyl (C=O) groups is 2. The number of methoxy groups -OCH3 is 1. The SMILES string of the molecule is COc1ccc(Br)c(C(=O)N(C)C(C)(C)C(=O)O)c1. The number of carboxylic acids is 1. The topological polar surface area (TPSA) is 66.8 Å². The number of benzene rings is 1. The first-order chi connectivity index (χ1) is 8.71. The summed E-state index contributed by atoms with van der Waals surface area (Å²) in [6.45, 7) is 2.95. The van der Waals surface area contributed by atoms with Crippen molar-refractivity contribution in [3.05, 3.63) is 28.2 Å². The molecule has 19 heavy (non-hydrogen) atoms. The molecule has 0 spiro atoms. The van der Waals surface area contributed by atoms with Gasteiger partial charge in [-0.3, -0.25) is 4.79 Å². The van der Waals surface area contributed by atoms with E-state index in [0.29, 0.717) is 15.8 Å². The van der Waals surface area contributed by atoms with Gasteiger partial charge in [-0.1, -0.05) is 0 Å². The second kappa shape index (κ2) is 5.61. The van der Waals surface area contributed by atoms with Gasteiger partial charge >= 0.3 is 5.97 Å². The number of likely N-dealkylation sites (N-methyl/N-ethyl adjacent to an activating group) is 1. The Balaban J connectivity index is 3.17. The van der Waals surface area contributed by atoms with E-state index in [1.807, 2.05) is 0 Å². The highest BCUT2D eigenvalue weighted by molar-refractivity contribution is 9.10. The summed E-state index contributed by atoms with van der Waals surface area (Å²) >= 11 is 3.28. The summed E-state index contributed by atoms with van der Waals surface area (Å²) in [7, 11) is 2.96. The molecule has 1 amide bonds. The zero-order valence-electron chi connectivity index (χ0n) is 11.2. The van der Waals surface area contributed by atoms with Gasteiger partial charge in [0.05, 0.1) is 12.7 Å². The Kier molecular flexibility index (Phi) is 4.57. The van der Waals surface area contributed by atoms with Crippen molar-refractivity contribution < 1.29 is 19.4 Å². The third-order valence-corrected chi connectivity index (χ3v) is 3.76. The molecule has 0 fully saturated rings. The fourth-order valence-corrected chi connectivity index (χ4v) is 1.79. The maximum atomic E-state index is 12.4. The molecule has 1 N–H and O–H groups in total. The van der Waals surface area contributed by atoms with Gasteiger partial charge in [0.25, 0.3) is 5.91 Å². The molecule has 0 bridgehead atoms. The van der Waals surface area contributed by atoms with Crippen molar-refractivity contribution in [1.29, 1.82) is 0 Å². The standard InChI is InChI=1S/C13H16BrNO4/c1-13(2,12(17)18)15(3)11(16)9-7-8(19-4)5-6-10(9)14/h5-7H,1-4H3,(H,17,18). The molecule has 1 aromatic carbocycles. The van der Waals surface area contributed by atoms with Gasteiger partial charge in [0.1, 0.15) is 11.3 Å². The molecule has 1 rings (SSSR count). The van der Waals surface area contributed by atoms with Crippen LogP contribution >= 0.6 is 15.9 Å². The van der Waals surface area contributed by atoms with E-state index in [1.165, 1.54) is 32.9 Å². The Bertz CT molecular complexity index is 513. The quantitative estimate of drug-likeness (QED) is 0.921. The first kappa shape index (κ1) is 15.5. The molecular formula is C13H16BrNO4. The second-order valence-corrected chi connectivity index (χ2v) is 5.43. The van der Waals surface area contributed by atoms with Crippen LogP contribution in [0.2, 0.25) is 0 Å². The predicted molar refractivity (Wildman–Crippen MR) is 74.5 cm³/mol. The average molecular weight is 330 g/mol. The molecule has 0 saturated carbocycles. The number of amides is 1. The number of carbonyl (C=O) groups excluding carboxylic acids is 1. The lowest BCUT2D eigenvalue weighted by Gasteiger charge is -2.31. The molecule has 0 radical (unpaired) electrons. The monoisotopic (exact) mass is 329 g/mol. The summed E-state index contributed by atoms with van der Waals surface area (Å²) in [5.74, 6) is -0.923. The highest BCUT2D eigenvalue weighted by Crippen LogP contribution is 2.25. The fourth-order valence-electron chi connectivity index (χ4n) is 1.37. The molecule has 0 aromatic heterocycles. The molecular weight excluding hydrogens is 314 g/mol. The van der Waals surface area contributed by atoms with Gasteiger partial charge in [-0.15, -0.1) is 0 Å². The molecule has 0 atom stereocenters. The smallest absolute Gasteiger partial charge is 0.329 e. The van der Waals surface area contributed by atoms with Crippen molar-refractivity contribution in [2.75, 3.05) is 14.2 Å². The number of ether oxygens (including phenoxy) is 1. The van der Waals surface area contributed by atoms with Crippen LogP contribution in [0, 0.1) is 0 Å². The zero-order chi connectivity index (χ0) is 14.8. The lowest BCUT2D eigenvalue weighted by atomic mass is 10.0.